The minimum Gasteiger partial charge on any atom is -0.495 e. The number of aryl methyl sites for hydroxylation is 1. The third kappa shape index (κ3) is 3.43. The minimum absolute atomic E-state index is 0.112. The fourth-order valence-corrected chi connectivity index (χ4v) is 2.28. The van der Waals surface area contributed by atoms with Crippen molar-refractivity contribution < 1.29 is 27.2 Å². The van der Waals surface area contributed by atoms with Crippen molar-refractivity contribution in [1.82, 2.24) is 0 Å². The van der Waals surface area contributed by atoms with Crippen LogP contribution in [0.3, 0.4) is 0 Å². The quantitative estimate of drug-likeness (QED) is 0.787. The number of rotatable bonds is 5. The maximum Gasteiger partial charge on any atom is 0.331 e. The van der Waals surface area contributed by atoms with Crippen molar-refractivity contribution in [2.45, 2.75) is 11.8 Å². The summed E-state index contributed by atoms with van der Waals surface area (Å²) in [6.07, 6.45) is 0. The van der Waals surface area contributed by atoms with Crippen LogP contribution in [-0.4, -0.2) is 33.2 Å². The Morgan fingerprint density at radius 1 is 1.41 bits per heavy atom. The zero-order valence-electron chi connectivity index (χ0n) is 9.34. The van der Waals surface area contributed by atoms with Crippen molar-refractivity contribution in [2.24, 2.45) is 0 Å². The number of hydrogen-bond donors (Lipinski definition) is 1. The molecule has 1 rings (SSSR count). The molecule has 94 valence electrons. The highest BCUT2D eigenvalue weighted by Crippen LogP contribution is 2.26. The molecule has 0 spiro atoms. The Morgan fingerprint density at radius 2 is 2.06 bits per heavy atom. The van der Waals surface area contributed by atoms with Crippen molar-refractivity contribution in [3.8, 4) is 5.75 Å². The summed E-state index contributed by atoms with van der Waals surface area (Å²) in [4.78, 5) is 10.1. The lowest BCUT2D eigenvalue weighted by Crippen LogP contribution is -2.14. The van der Waals surface area contributed by atoms with E-state index >= 15 is 0 Å². The smallest absolute Gasteiger partial charge is 0.331 e. The highest BCUT2D eigenvalue weighted by Gasteiger charge is 2.21. The van der Waals surface area contributed by atoms with E-state index in [-0.39, 0.29) is 10.6 Å². The number of methoxy groups -OCH3 is 1. The summed E-state index contributed by atoms with van der Waals surface area (Å²) in [5, 5.41) is 8.38. The third-order valence-electron chi connectivity index (χ3n) is 1.93. The molecule has 1 N–H and O–H groups in total. The minimum atomic E-state index is -4.13. The van der Waals surface area contributed by atoms with Gasteiger partial charge in [0.25, 0.3) is 0 Å². The summed E-state index contributed by atoms with van der Waals surface area (Å²) >= 11 is 0. The fraction of sp³-hybridized carbons (Fsp3) is 0.300. The van der Waals surface area contributed by atoms with Crippen LogP contribution < -0.4 is 4.74 Å². The molecule has 0 saturated carbocycles. The number of carboxylic acids is 1. The first-order valence-electron chi connectivity index (χ1n) is 4.62. The van der Waals surface area contributed by atoms with Crippen molar-refractivity contribution in [1.29, 1.82) is 0 Å². The number of aliphatic carboxylic acids is 1. The maximum atomic E-state index is 11.7. The Balaban J connectivity index is 3.13. The van der Waals surface area contributed by atoms with Gasteiger partial charge in [-0.3, -0.25) is 4.18 Å². The summed E-state index contributed by atoms with van der Waals surface area (Å²) in [5.74, 6) is -1.25. The lowest BCUT2D eigenvalue weighted by atomic mass is 10.2. The summed E-state index contributed by atoms with van der Waals surface area (Å²) in [7, 11) is -2.81. The molecule has 0 bridgehead atoms. The molecule has 1 aromatic carbocycles. The summed E-state index contributed by atoms with van der Waals surface area (Å²) in [5.41, 5.74) is 0.698. The Labute approximate surface area is 98.9 Å². The van der Waals surface area contributed by atoms with Crippen molar-refractivity contribution in [3.63, 3.8) is 0 Å². The van der Waals surface area contributed by atoms with Gasteiger partial charge in [-0.1, -0.05) is 6.07 Å². The van der Waals surface area contributed by atoms with Gasteiger partial charge in [0.15, 0.2) is 6.61 Å². The second kappa shape index (κ2) is 5.15. The van der Waals surface area contributed by atoms with Gasteiger partial charge in [-0.05, 0) is 24.6 Å². The van der Waals surface area contributed by atoms with Crippen LogP contribution in [-0.2, 0) is 19.1 Å². The van der Waals surface area contributed by atoms with E-state index in [1.807, 2.05) is 0 Å². The first-order chi connectivity index (χ1) is 7.86. The number of ether oxygens (including phenoxy) is 1. The van der Waals surface area contributed by atoms with Gasteiger partial charge in [-0.15, -0.1) is 0 Å². The largest absolute Gasteiger partial charge is 0.495 e. The first kappa shape index (κ1) is 13.5. The van der Waals surface area contributed by atoms with Crippen LogP contribution in [0.2, 0.25) is 0 Å². The van der Waals surface area contributed by atoms with Crippen molar-refractivity contribution in [2.75, 3.05) is 13.7 Å². The van der Waals surface area contributed by atoms with Gasteiger partial charge in [0.05, 0.1) is 7.11 Å². The van der Waals surface area contributed by atoms with E-state index in [0.717, 1.165) is 0 Å². The van der Waals surface area contributed by atoms with Gasteiger partial charge in [-0.25, -0.2) is 4.79 Å². The normalized spacial score (nSPS) is 11.2. The van der Waals surface area contributed by atoms with Gasteiger partial charge in [0.2, 0.25) is 0 Å². The second-order valence-corrected chi connectivity index (χ2v) is 4.85. The van der Waals surface area contributed by atoms with Crippen LogP contribution in [0.15, 0.2) is 23.1 Å². The molecule has 0 fully saturated rings. The van der Waals surface area contributed by atoms with Crippen LogP contribution >= 0.6 is 0 Å². The molecule has 0 saturated heterocycles. The molecule has 17 heavy (non-hydrogen) atoms. The van der Waals surface area contributed by atoms with E-state index in [2.05, 4.69) is 4.18 Å². The van der Waals surface area contributed by atoms with Crippen LogP contribution in [0.4, 0.5) is 0 Å². The van der Waals surface area contributed by atoms with E-state index in [0.29, 0.717) is 5.56 Å². The second-order valence-electron chi connectivity index (χ2n) is 3.26. The monoisotopic (exact) mass is 260 g/mol. The Kier molecular flexibility index (Phi) is 4.08. The summed E-state index contributed by atoms with van der Waals surface area (Å²) in [6.45, 7) is 0.787. The van der Waals surface area contributed by atoms with Crippen LogP contribution in [0.5, 0.6) is 5.75 Å². The first-order valence-corrected chi connectivity index (χ1v) is 6.03. The molecule has 7 heteroatoms. The highest BCUT2D eigenvalue weighted by molar-refractivity contribution is 7.86. The van der Waals surface area contributed by atoms with E-state index in [4.69, 9.17) is 9.84 Å². The fourth-order valence-electron chi connectivity index (χ4n) is 1.17. The number of carbonyl (C=O) groups is 1. The zero-order valence-corrected chi connectivity index (χ0v) is 10.2. The maximum absolute atomic E-state index is 11.7. The molecule has 0 heterocycles. The zero-order chi connectivity index (χ0) is 13.1. The summed E-state index contributed by atoms with van der Waals surface area (Å²) in [6, 6.07) is 4.51. The number of carboxylic acid groups (broad SMARTS) is 1. The van der Waals surface area contributed by atoms with Crippen molar-refractivity contribution in [3.05, 3.63) is 23.8 Å². The van der Waals surface area contributed by atoms with E-state index in [9.17, 15) is 13.2 Å². The van der Waals surface area contributed by atoms with Gasteiger partial charge in [-0.2, -0.15) is 8.42 Å². The molecule has 1 aromatic rings. The molecule has 0 amide bonds. The Bertz CT molecular complexity index is 520. The van der Waals surface area contributed by atoms with E-state index in [1.165, 1.54) is 19.2 Å². The number of benzene rings is 1. The topological polar surface area (TPSA) is 89.9 Å². The van der Waals surface area contributed by atoms with E-state index < -0.39 is 22.7 Å². The molecule has 0 aliphatic carbocycles. The van der Waals surface area contributed by atoms with Crippen LogP contribution in [0.1, 0.15) is 5.56 Å². The molecular weight excluding hydrogens is 248 g/mol. The molecule has 0 unspecified atom stereocenters. The summed E-state index contributed by atoms with van der Waals surface area (Å²) < 4.78 is 32.7. The third-order valence-corrected chi connectivity index (χ3v) is 3.21. The predicted octanol–water partition coefficient (Wildman–Crippen LogP) is 0.794. The lowest BCUT2D eigenvalue weighted by Gasteiger charge is -2.09. The molecule has 6 nitrogen and oxygen atoms in total. The van der Waals surface area contributed by atoms with Gasteiger partial charge in [0.1, 0.15) is 10.6 Å². The molecular formula is C10H12O6S. The average Bonchev–Trinajstić information content (AvgIpc) is 2.26. The molecule has 0 radical (unpaired) electrons. The average molecular weight is 260 g/mol. The lowest BCUT2D eigenvalue weighted by molar-refractivity contribution is -0.139. The van der Waals surface area contributed by atoms with Gasteiger partial charge >= 0.3 is 16.1 Å². The Hall–Kier alpha value is -1.60. The SMILES string of the molecule is COc1ccc(C)cc1S(=O)(=O)OCC(=O)O. The Morgan fingerprint density at radius 3 is 2.59 bits per heavy atom. The highest BCUT2D eigenvalue weighted by atomic mass is 32.2. The van der Waals surface area contributed by atoms with Crippen LogP contribution in [0.25, 0.3) is 0 Å². The predicted molar refractivity (Wildman–Crippen MR) is 58.5 cm³/mol. The van der Waals surface area contributed by atoms with E-state index in [1.54, 1.807) is 13.0 Å². The standard InChI is InChI=1S/C10H12O6S/c1-7-3-4-8(15-2)9(5-7)17(13,14)16-6-10(11)12/h3-5H,6H2,1-2H3,(H,11,12). The molecule has 0 aromatic heterocycles. The van der Waals surface area contributed by atoms with Gasteiger partial charge < -0.3 is 9.84 Å². The molecule has 0 aliphatic rings. The van der Waals surface area contributed by atoms with Crippen molar-refractivity contribution >= 4 is 16.1 Å². The molecule has 0 aliphatic heterocycles. The molecule has 0 atom stereocenters. The van der Waals surface area contributed by atoms with Crippen LogP contribution in [0, 0.1) is 6.92 Å². The van der Waals surface area contributed by atoms with Gasteiger partial charge in [0, 0.05) is 0 Å². The number of hydrogen-bond acceptors (Lipinski definition) is 5.